The van der Waals surface area contributed by atoms with E-state index in [0.717, 1.165) is 18.5 Å². The normalized spacial score (nSPS) is 12.4. The van der Waals surface area contributed by atoms with Crippen molar-refractivity contribution in [1.82, 2.24) is 10.5 Å². The number of amides is 1. The highest BCUT2D eigenvalue weighted by Gasteiger charge is 2.23. The molecule has 0 radical (unpaired) electrons. The molecule has 0 fully saturated rings. The minimum Gasteiger partial charge on any atom is -0.480 e. The zero-order valence-electron chi connectivity index (χ0n) is 12.2. The van der Waals surface area contributed by atoms with Crippen LogP contribution in [-0.2, 0) is 4.79 Å². The van der Waals surface area contributed by atoms with Crippen LogP contribution < -0.4 is 5.32 Å². The van der Waals surface area contributed by atoms with Crippen LogP contribution in [0.4, 0.5) is 0 Å². The summed E-state index contributed by atoms with van der Waals surface area (Å²) in [5, 5.41) is 15.4. The van der Waals surface area contributed by atoms with E-state index in [1.807, 2.05) is 20.8 Å². The van der Waals surface area contributed by atoms with Gasteiger partial charge in [0.05, 0.1) is 5.69 Å². The van der Waals surface area contributed by atoms with E-state index in [-0.39, 0.29) is 11.7 Å². The molecule has 0 aromatic carbocycles. The van der Waals surface area contributed by atoms with Crippen LogP contribution >= 0.6 is 0 Å². The monoisotopic (exact) mass is 282 g/mol. The minimum atomic E-state index is -1.04. The summed E-state index contributed by atoms with van der Waals surface area (Å²) >= 11 is 0. The molecule has 6 nitrogen and oxygen atoms in total. The molecule has 0 bridgehead atoms. The number of carbonyl (C=O) groups is 2. The van der Waals surface area contributed by atoms with Crippen LogP contribution in [0, 0.1) is 0 Å². The Bertz CT molecular complexity index is 452. The first-order valence-electron chi connectivity index (χ1n) is 7.03. The number of rotatable bonds is 8. The quantitative estimate of drug-likeness (QED) is 0.764. The van der Waals surface area contributed by atoms with E-state index in [1.54, 1.807) is 6.07 Å². The zero-order valence-corrected chi connectivity index (χ0v) is 12.2. The summed E-state index contributed by atoms with van der Waals surface area (Å²) < 4.78 is 5.01. The fourth-order valence-electron chi connectivity index (χ4n) is 2.07. The number of carboxylic acid groups (broad SMARTS) is 1. The Balaban J connectivity index is 2.75. The lowest BCUT2D eigenvalue weighted by atomic mass is 9.99. The third kappa shape index (κ3) is 4.08. The van der Waals surface area contributed by atoms with Gasteiger partial charge in [-0.15, -0.1) is 0 Å². The molecular weight excluding hydrogens is 260 g/mol. The van der Waals surface area contributed by atoms with Crippen molar-refractivity contribution in [2.75, 3.05) is 0 Å². The van der Waals surface area contributed by atoms with E-state index in [9.17, 15) is 9.59 Å². The molecule has 0 aliphatic carbocycles. The molecule has 0 aliphatic heterocycles. The number of carboxylic acids is 1. The van der Waals surface area contributed by atoms with Crippen LogP contribution in [0.3, 0.4) is 0 Å². The Kier molecular flexibility index (Phi) is 6.21. The molecular formula is C14H22N2O4. The molecule has 0 saturated carbocycles. The first kappa shape index (κ1) is 16.2. The van der Waals surface area contributed by atoms with E-state index in [0.29, 0.717) is 12.8 Å². The van der Waals surface area contributed by atoms with Crippen LogP contribution in [-0.4, -0.2) is 28.2 Å². The lowest BCUT2D eigenvalue weighted by Crippen LogP contribution is -2.40. The summed E-state index contributed by atoms with van der Waals surface area (Å²) in [6.45, 7) is 5.95. The highest BCUT2D eigenvalue weighted by atomic mass is 16.5. The average Bonchev–Trinajstić information content (AvgIpc) is 2.89. The molecule has 0 spiro atoms. The van der Waals surface area contributed by atoms with E-state index in [1.165, 1.54) is 0 Å². The van der Waals surface area contributed by atoms with Crippen LogP contribution in [0.25, 0.3) is 0 Å². The smallest absolute Gasteiger partial charge is 0.326 e. The zero-order chi connectivity index (χ0) is 15.1. The molecule has 2 N–H and O–H groups in total. The van der Waals surface area contributed by atoms with Crippen molar-refractivity contribution in [3.63, 3.8) is 0 Å². The summed E-state index contributed by atoms with van der Waals surface area (Å²) in [4.78, 5) is 22.9. The number of nitrogens with one attached hydrogen (secondary N) is 1. The van der Waals surface area contributed by atoms with Crippen molar-refractivity contribution in [1.29, 1.82) is 0 Å². The van der Waals surface area contributed by atoms with E-state index in [2.05, 4.69) is 10.5 Å². The molecule has 6 heteroatoms. The minimum absolute atomic E-state index is 0.0641. The number of hydrogen-bond acceptors (Lipinski definition) is 4. The van der Waals surface area contributed by atoms with Gasteiger partial charge < -0.3 is 14.9 Å². The van der Waals surface area contributed by atoms with Gasteiger partial charge in [0, 0.05) is 12.0 Å². The number of hydrogen-bond donors (Lipinski definition) is 2. The highest BCUT2D eigenvalue weighted by molar-refractivity contribution is 5.94. The van der Waals surface area contributed by atoms with Gasteiger partial charge in [0.1, 0.15) is 6.04 Å². The van der Waals surface area contributed by atoms with E-state index in [4.69, 9.17) is 9.63 Å². The summed E-state index contributed by atoms with van der Waals surface area (Å²) in [7, 11) is 0. The van der Waals surface area contributed by atoms with E-state index < -0.39 is 17.9 Å². The summed E-state index contributed by atoms with van der Waals surface area (Å²) in [6.07, 6.45) is 2.89. The Labute approximate surface area is 118 Å². The fraction of sp³-hybridized carbons (Fsp3) is 0.643. The molecule has 0 saturated heterocycles. The highest BCUT2D eigenvalue weighted by Crippen LogP contribution is 2.22. The number of carbonyl (C=O) groups excluding carboxylic acids is 1. The second kappa shape index (κ2) is 7.67. The molecule has 1 atom stereocenters. The lowest BCUT2D eigenvalue weighted by molar-refractivity contribution is -0.139. The Morgan fingerprint density at radius 3 is 2.50 bits per heavy atom. The maximum Gasteiger partial charge on any atom is 0.326 e. The third-order valence-electron chi connectivity index (χ3n) is 3.34. The standard InChI is InChI=1S/C14H22N2O4/c1-4-7-10(14(18)19)15-13(17)12-8-11(16-20-12)9(5-2)6-3/h8-10H,4-7H2,1-3H3,(H,15,17)(H,18,19). The van der Waals surface area contributed by atoms with Gasteiger partial charge in [0.2, 0.25) is 5.76 Å². The van der Waals surface area contributed by atoms with Gasteiger partial charge in [0.15, 0.2) is 0 Å². The topological polar surface area (TPSA) is 92.4 Å². The predicted molar refractivity (Wildman–Crippen MR) is 73.6 cm³/mol. The molecule has 1 heterocycles. The number of aliphatic carboxylic acids is 1. The molecule has 1 amide bonds. The van der Waals surface area contributed by atoms with Gasteiger partial charge in [-0.05, 0) is 19.3 Å². The summed E-state index contributed by atoms with van der Waals surface area (Å²) in [5.74, 6) is -1.25. The van der Waals surface area contributed by atoms with Crippen LogP contribution in [0.2, 0.25) is 0 Å². The Hall–Kier alpha value is -1.85. The van der Waals surface area contributed by atoms with Gasteiger partial charge >= 0.3 is 5.97 Å². The number of aromatic nitrogens is 1. The first-order chi connectivity index (χ1) is 9.53. The van der Waals surface area contributed by atoms with Crippen molar-refractivity contribution in [2.45, 2.75) is 58.4 Å². The van der Waals surface area contributed by atoms with Gasteiger partial charge in [-0.2, -0.15) is 0 Å². The summed E-state index contributed by atoms with van der Waals surface area (Å²) in [6, 6.07) is 0.701. The van der Waals surface area contributed by atoms with Gasteiger partial charge in [-0.3, -0.25) is 4.79 Å². The van der Waals surface area contributed by atoms with Crippen molar-refractivity contribution < 1.29 is 19.2 Å². The number of nitrogens with zero attached hydrogens (tertiary/aromatic N) is 1. The molecule has 20 heavy (non-hydrogen) atoms. The van der Waals surface area contributed by atoms with Crippen LogP contribution in [0.15, 0.2) is 10.6 Å². The largest absolute Gasteiger partial charge is 0.480 e. The maximum absolute atomic E-state index is 11.9. The van der Waals surface area contributed by atoms with Crippen molar-refractivity contribution in [2.24, 2.45) is 0 Å². The Morgan fingerprint density at radius 1 is 1.35 bits per heavy atom. The third-order valence-corrected chi connectivity index (χ3v) is 3.34. The van der Waals surface area contributed by atoms with Crippen molar-refractivity contribution in [3.8, 4) is 0 Å². The van der Waals surface area contributed by atoms with Gasteiger partial charge in [0.25, 0.3) is 5.91 Å². The van der Waals surface area contributed by atoms with E-state index >= 15 is 0 Å². The molecule has 0 aliphatic rings. The van der Waals surface area contributed by atoms with Gasteiger partial charge in [-0.25, -0.2) is 4.79 Å². The SMILES string of the molecule is CCCC(NC(=O)c1cc(C(CC)CC)no1)C(=O)O. The molecule has 1 aromatic heterocycles. The van der Waals surface area contributed by atoms with Gasteiger partial charge in [-0.1, -0.05) is 32.3 Å². The van der Waals surface area contributed by atoms with Crippen molar-refractivity contribution >= 4 is 11.9 Å². The molecule has 112 valence electrons. The first-order valence-corrected chi connectivity index (χ1v) is 7.03. The maximum atomic E-state index is 11.9. The fourth-order valence-corrected chi connectivity index (χ4v) is 2.07. The Morgan fingerprint density at radius 2 is 2.00 bits per heavy atom. The molecule has 1 unspecified atom stereocenters. The second-order valence-electron chi connectivity index (χ2n) is 4.78. The van der Waals surface area contributed by atoms with Crippen LogP contribution in [0.5, 0.6) is 0 Å². The average molecular weight is 282 g/mol. The summed E-state index contributed by atoms with van der Waals surface area (Å²) in [5.41, 5.74) is 0.738. The lowest BCUT2D eigenvalue weighted by Gasteiger charge is -2.11. The molecule has 1 rings (SSSR count). The molecule has 1 aromatic rings. The second-order valence-corrected chi connectivity index (χ2v) is 4.78. The predicted octanol–water partition coefficient (Wildman–Crippen LogP) is 2.56. The van der Waals surface area contributed by atoms with Crippen molar-refractivity contribution in [3.05, 3.63) is 17.5 Å². The van der Waals surface area contributed by atoms with Crippen LogP contribution in [0.1, 0.15) is 68.6 Å².